The number of hydrogen-bond acceptors (Lipinski definition) is 15. The maximum Gasteiger partial charge on any atom is 0.270 e. The van der Waals surface area contributed by atoms with Crippen LogP contribution in [0.2, 0.25) is 0 Å². The molecule has 63 heavy (non-hydrogen) atoms. The van der Waals surface area contributed by atoms with E-state index in [2.05, 4.69) is 35.9 Å². The van der Waals surface area contributed by atoms with E-state index >= 15 is 0 Å². The van der Waals surface area contributed by atoms with Crippen molar-refractivity contribution in [3.05, 3.63) is 56.4 Å². The summed E-state index contributed by atoms with van der Waals surface area (Å²) in [7, 11) is -1.39. The summed E-state index contributed by atoms with van der Waals surface area (Å²) < 4.78 is 50.2. The lowest BCUT2D eigenvalue weighted by atomic mass is 10.1. The average molecular weight is 922 g/mol. The maximum absolute atomic E-state index is 12.9. The van der Waals surface area contributed by atoms with Crippen molar-refractivity contribution in [1.82, 2.24) is 38.7 Å². The Labute approximate surface area is 370 Å². The topological polar surface area (TPSA) is 251 Å². The fourth-order valence-electron chi connectivity index (χ4n) is 9.05. The van der Waals surface area contributed by atoms with Gasteiger partial charge in [0.25, 0.3) is 11.1 Å². The quantitative estimate of drug-likeness (QED) is 0.191. The lowest BCUT2D eigenvalue weighted by Gasteiger charge is -2.31. The largest absolute Gasteiger partial charge is 0.351 e. The van der Waals surface area contributed by atoms with Crippen molar-refractivity contribution in [3.8, 4) is 12.1 Å². The van der Waals surface area contributed by atoms with Crippen LogP contribution in [0.3, 0.4) is 0 Å². The fourth-order valence-corrected chi connectivity index (χ4v) is 12.2. The molecule has 21 heteroatoms. The Bertz CT molecular complexity index is 2760. The molecule has 0 radical (unpaired) electrons. The highest BCUT2D eigenvalue weighted by Gasteiger charge is 2.41. The van der Waals surface area contributed by atoms with E-state index in [1.165, 1.54) is 0 Å². The minimum absolute atomic E-state index is 0.0573. The summed E-state index contributed by atoms with van der Waals surface area (Å²) in [6.07, 6.45) is 18.0. The van der Waals surface area contributed by atoms with Gasteiger partial charge in [-0.1, -0.05) is 25.7 Å². The van der Waals surface area contributed by atoms with E-state index in [1.807, 2.05) is 12.1 Å². The molecule has 0 atom stereocenters. The minimum atomic E-state index is -3.16. The highest BCUT2D eigenvalue weighted by molar-refractivity contribution is 8.14. The number of nitrogens with one attached hydrogen (secondary N) is 3. The van der Waals surface area contributed by atoms with Crippen LogP contribution in [0.15, 0.2) is 34.1 Å². The number of halogens is 1. The molecule has 2 aliphatic heterocycles. The molecular formula is C42H53ClN12O6S2. The normalized spacial score (nSPS) is 20.6. The van der Waals surface area contributed by atoms with Crippen LogP contribution in [0.4, 0.5) is 11.9 Å². The van der Waals surface area contributed by atoms with E-state index in [-0.39, 0.29) is 50.9 Å². The molecule has 2 saturated heterocycles. The zero-order valence-electron chi connectivity index (χ0n) is 35.1. The number of nitrogens with zero attached hydrogens (tertiary/aromatic N) is 9. The molecule has 6 aliphatic rings. The second kappa shape index (κ2) is 19.2. The van der Waals surface area contributed by atoms with Crippen LogP contribution in [-0.2, 0) is 19.1 Å². The first kappa shape index (κ1) is 44.9. The number of pyridine rings is 2. The second-order valence-corrected chi connectivity index (χ2v) is 22.5. The molecule has 0 aromatic carbocycles. The third kappa shape index (κ3) is 10.5. The highest BCUT2D eigenvalue weighted by atomic mass is 35.7. The predicted molar refractivity (Wildman–Crippen MR) is 240 cm³/mol. The first-order chi connectivity index (χ1) is 30.3. The molecule has 4 aromatic heterocycles. The summed E-state index contributed by atoms with van der Waals surface area (Å²) >= 11 is 0. The molecule has 18 nitrogen and oxygen atoms in total. The van der Waals surface area contributed by atoms with Gasteiger partial charge in [-0.25, -0.2) is 31.1 Å². The third-order valence-corrected chi connectivity index (χ3v) is 17.3. The van der Waals surface area contributed by atoms with E-state index < -0.39 is 19.1 Å². The van der Waals surface area contributed by atoms with Gasteiger partial charge in [-0.15, -0.1) is 0 Å². The number of rotatable bonds is 9. The van der Waals surface area contributed by atoms with Gasteiger partial charge in [-0.2, -0.15) is 20.5 Å². The van der Waals surface area contributed by atoms with Gasteiger partial charge < -0.3 is 16.0 Å². The van der Waals surface area contributed by atoms with Gasteiger partial charge in [0.1, 0.15) is 34.6 Å². The molecule has 0 spiro atoms. The van der Waals surface area contributed by atoms with Gasteiger partial charge in [0, 0.05) is 71.1 Å². The van der Waals surface area contributed by atoms with E-state index in [0.29, 0.717) is 60.6 Å². The number of nitriles is 2. The highest BCUT2D eigenvalue weighted by Crippen LogP contribution is 2.34. The zero-order valence-corrected chi connectivity index (χ0v) is 37.5. The summed E-state index contributed by atoms with van der Waals surface area (Å²) in [5, 5.41) is 29.8. The molecule has 4 aliphatic carbocycles. The molecule has 0 unspecified atom stereocenters. The number of anilines is 2. The Hall–Kier alpha value is -4.73. The Balaban J connectivity index is 0.000000152. The molecule has 3 N–H and O–H groups in total. The van der Waals surface area contributed by atoms with E-state index in [1.54, 1.807) is 38.0 Å². The third-order valence-electron chi connectivity index (χ3n) is 12.9. The van der Waals surface area contributed by atoms with Gasteiger partial charge in [0.15, 0.2) is 0 Å². The monoisotopic (exact) mass is 920 g/mol. The maximum atomic E-state index is 12.9. The van der Waals surface area contributed by atoms with Crippen molar-refractivity contribution in [2.75, 3.05) is 36.8 Å². The molecule has 10 rings (SSSR count). The Morgan fingerprint density at radius 2 is 1.06 bits per heavy atom. The number of sulfonamides is 1. The van der Waals surface area contributed by atoms with E-state index in [9.17, 15) is 36.9 Å². The van der Waals surface area contributed by atoms with Gasteiger partial charge >= 0.3 is 0 Å². The van der Waals surface area contributed by atoms with Crippen molar-refractivity contribution in [1.29, 1.82) is 10.5 Å². The van der Waals surface area contributed by atoms with Crippen LogP contribution >= 0.6 is 10.7 Å². The van der Waals surface area contributed by atoms with Crippen molar-refractivity contribution in [2.24, 2.45) is 0 Å². The molecule has 4 aromatic rings. The first-order valence-corrected chi connectivity index (χ1v) is 26.0. The number of fused-ring (bicyclic) bond motifs is 2. The van der Waals surface area contributed by atoms with E-state index in [0.717, 1.165) is 108 Å². The minimum Gasteiger partial charge on any atom is -0.351 e. The Kier molecular flexibility index (Phi) is 13.6. The summed E-state index contributed by atoms with van der Waals surface area (Å²) in [6, 6.07) is 7.81. The fraction of sp³-hybridized carbons (Fsp3) is 0.619. The molecule has 336 valence electrons. The van der Waals surface area contributed by atoms with E-state index in [4.69, 9.17) is 10.7 Å². The number of hydrogen-bond donors (Lipinski definition) is 3. The van der Waals surface area contributed by atoms with Crippen molar-refractivity contribution >= 4 is 63.7 Å². The first-order valence-electron chi connectivity index (χ1n) is 22.1. The van der Waals surface area contributed by atoms with Gasteiger partial charge in [-0.3, -0.25) is 18.7 Å². The summed E-state index contributed by atoms with van der Waals surface area (Å²) in [5.41, 5.74) is 0.970. The SMILES string of the molecule is N#Cc1cc2cnc(NC3CCN(S(=O)(=O)C4CC4)CC3)nc2n(C2CCCC2)c1=O.N#Cc1cc2cnc(NC3CCNCC3)nc2n(C2CCCC2)c1=O.O=S(=O)(Cl)C1CC1. The molecule has 6 fully saturated rings. The predicted octanol–water partition coefficient (Wildman–Crippen LogP) is 4.81. The molecule has 0 bridgehead atoms. The second-order valence-electron chi connectivity index (χ2n) is 17.4. The van der Waals surface area contributed by atoms with Crippen molar-refractivity contribution < 1.29 is 16.8 Å². The number of aromatic nitrogens is 6. The van der Waals surface area contributed by atoms with Crippen LogP contribution < -0.4 is 27.1 Å². The zero-order chi connectivity index (χ0) is 44.3. The molecule has 0 amide bonds. The Morgan fingerprint density at radius 1 is 0.635 bits per heavy atom. The smallest absolute Gasteiger partial charge is 0.270 e. The van der Waals surface area contributed by atoms with Crippen molar-refractivity contribution in [3.63, 3.8) is 0 Å². The number of piperidine rings is 2. The lowest BCUT2D eigenvalue weighted by molar-refractivity contribution is 0.328. The van der Waals surface area contributed by atoms with Crippen LogP contribution in [-0.4, -0.2) is 99.0 Å². The summed E-state index contributed by atoms with van der Waals surface area (Å²) in [6.45, 7) is 2.98. The lowest BCUT2D eigenvalue weighted by Crippen LogP contribution is -2.43. The van der Waals surface area contributed by atoms with Gasteiger partial charge in [0.05, 0.1) is 10.5 Å². The average Bonchev–Trinajstić information content (AvgIpc) is 4.21. The van der Waals surface area contributed by atoms with Crippen molar-refractivity contribution in [2.45, 2.75) is 137 Å². The molecule has 6 heterocycles. The van der Waals surface area contributed by atoms with Gasteiger partial charge in [0.2, 0.25) is 31.0 Å². The summed E-state index contributed by atoms with van der Waals surface area (Å²) in [4.78, 5) is 43.8. The standard InChI is InChI=1S/C21H26N6O3S.C18H22N6O.C3H5ClO2S/c22-12-14-11-15-13-23-21(25-19(15)27(20(14)28)17-3-1-2-4-17)24-16-7-9-26(10-8-16)31(29,30)18-5-6-18;19-10-12-9-13-11-21-18(22-14-5-7-20-8-6-14)23-16(13)24(17(12)25)15-3-1-2-4-15;4-7(5,6)3-1-2-3/h11,13,16-18H,1-10H2,(H,23,24,25);9,11,14-15,20H,1-8H2,(H,21,22,23);3H,1-2H2. The van der Waals surface area contributed by atoms with Crippen LogP contribution in [0, 0.1) is 22.7 Å². The Morgan fingerprint density at radius 3 is 1.44 bits per heavy atom. The molecular weight excluding hydrogens is 868 g/mol. The van der Waals surface area contributed by atoms with Crippen LogP contribution in [0.1, 0.15) is 126 Å². The van der Waals surface area contributed by atoms with Crippen LogP contribution in [0.5, 0.6) is 0 Å². The van der Waals surface area contributed by atoms with Crippen LogP contribution in [0.25, 0.3) is 22.1 Å². The molecule has 4 saturated carbocycles. The summed E-state index contributed by atoms with van der Waals surface area (Å²) in [5.74, 6) is 1.00. The van der Waals surface area contributed by atoms with Gasteiger partial charge in [-0.05, 0) is 102 Å².